The minimum absolute atomic E-state index is 0.0545. The number of thioether (sulfide) groups is 1. The second kappa shape index (κ2) is 7.79. The van der Waals surface area contributed by atoms with Gasteiger partial charge in [0.2, 0.25) is 5.91 Å². The molecule has 0 aromatic heterocycles. The molecule has 1 atom stereocenters. The Hall–Kier alpha value is -2.24. The minimum atomic E-state index is -0.0545. The van der Waals surface area contributed by atoms with Crippen LogP contribution in [0.4, 0.5) is 0 Å². The highest BCUT2D eigenvalue weighted by atomic mass is 79.9. The average Bonchev–Trinajstić information content (AvgIpc) is 3.13. The molecule has 1 amide bonds. The molecule has 27 heavy (non-hydrogen) atoms. The van der Waals surface area contributed by atoms with E-state index >= 15 is 0 Å². The number of hydrogen-bond acceptors (Lipinski definition) is 3. The quantitative estimate of drug-likeness (QED) is 0.570. The second-order valence-corrected chi connectivity index (χ2v) is 8.25. The van der Waals surface area contributed by atoms with E-state index in [1.54, 1.807) is 18.9 Å². The molecule has 1 unspecified atom stereocenters. The molecule has 0 bridgehead atoms. The standard InChI is InChI=1S/C22H18BrNO2S/c1-26-19-11-3-2-8-16(19)17-9-5-10-18(22-24-20(25)13-27-22)21(17)14-6-4-7-15(23)12-14/h2-12,22H,13H2,1H3,(H,24,25). The number of carbonyl (C=O) groups excluding carboxylic acids is 1. The fourth-order valence-electron chi connectivity index (χ4n) is 3.40. The van der Waals surface area contributed by atoms with Gasteiger partial charge in [0.05, 0.1) is 12.9 Å². The molecule has 5 heteroatoms. The first-order valence-corrected chi connectivity index (χ1v) is 10.4. The van der Waals surface area contributed by atoms with Crippen LogP contribution in [0.1, 0.15) is 10.9 Å². The van der Waals surface area contributed by atoms with Crippen molar-refractivity contribution in [2.45, 2.75) is 5.37 Å². The van der Waals surface area contributed by atoms with Crippen molar-refractivity contribution in [3.8, 4) is 28.0 Å². The third-order valence-corrected chi connectivity index (χ3v) is 6.19. The zero-order valence-electron chi connectivity index (χ0n) is 14.7. The molecule has 1 aliphatic heterocycles. The monoisotopic (exact) mass is 439 g/mol. The van der Waals surface area contributed by atoms with Gasteiger partial charge in [0.15, 0.2) is 0 Å². The lowest BCUT2D eigenvalue weighted by atomic mass is 9.90. The molecule has 1 N–H and O–H groups in total. The number of ether oxygens (including phenoxy) is 1. The number of carbonyl (C=O) groups is 1. The van der Waals surface area contributed by atoms with Crippen molar-refractivity contribution in [1.82, 2.24) is 5.32 Å². The zero-order valence-corrected chi connectivity index (χ0v) is 17.1. The summed E-state index contributed by atoms with van der Waals surface area (Å²) in [5.74, 6) is 1.39. The molecule has 1 fully saturated rings. The lowest BCUT2D eigenvalue weighted by Crippen LogP contribution is -2.19. The molecule has 0 aliphatic carbocycles. The van der Waals surface area contributed by atoms with Crippen molar-refractivity contribution >= 4 is 33.6 Å². The first kappa shape index (κ1) is 18.1. The van der Waals surface area contributed by atoms with E-state index in [0.29, 0.717) is 5.75 Å². The summed E-state index contributed by atoms with van der Waals surface area (Å²) in [6, 6.07) is 22.5. The molecule has 0 radical (unpaired) electrons. The summed E-state index contributed by atoms with van der Waals surface area (Å²) < 4.78 is 6.63. The maximum absolute atomic E-state index is 11.8. The lowest BCUT2D eigenvalue weighted by molar-refractivity contribution is -0.118. The average molecular weight is 440 g/mol. The Kier molecular flexibility index (Phi) is 5.23. The van der Waals surface area contributed by atoms with Crippen LogP contribution in [-0.4, -0.2) is 18.8 Å². The van der Waals surface area contributed by atoms with E-state index in [0.717, 1.165) is 38.0 Å². The van der Waals surface area contributed by atoms with Crippen LogP contribution in [0.5, 0.6) is 5.75 Å². The van der Waals surface area contributed by atoms with Gasteiger partial charge in [-0.1, -0.05) is 64.5 Å². The van der Waals surface area contributed by atoms with Crippen LogP contribution in [0.2, 0.25) is 0 Å². The van der Waals surface area contributed by atoms with Gasteiger partial charge in [0.25, 0.3) is 0 Å². The van der Waals surface area contributed by atoms with Crippen LogP contribution in [0, 0.1) is 0 Å². The van der Waals surface area contributed by atoms with Gasteiger partial charge in [-0.25, -0.2) is 0 Å². The summed E-state index contributed by atoms with van der Waals surface area (Å²) >= 11 is 5.21. The molecular formula is C22H18BrNO2S. The van der Waals surface area contributed by atoms with Crippen molar-refractivity contribution in [2.75, 3.05) is 12.9 Å². The Balaban J connectivity index is 1.97. The van der Waals surface area contributed by atoms with Gasteiger partial charge in [-0.05, 0) is 40.5 Å². The highest BCUT2D eigenvalue weighted by Gasteiger charge is 2.27. The van der Waals surface area contributed by atoms with E-state index in [-0.39, 0.29) is 11.3 Å². The van der Waals surface area contributed by atoms with E-state index in [4.69, 9.17) is 4.74 Å². The van der Waals surface area contributed by atoms with Crippen molar-refractivity contribution in [2.24, 2.45) is 0 Å². The SMILES string of the molecule is COc1ccccc1-c1cccc(C2NC(=O)CS2)c1-c1cccc(Br)c1. The summed E-state index contributed by atoms with van der Waals surface area (Å²) in [5, 5.41) is 3.03. The summed E-state index contributed by atoms with van der Waals surface area (Å²) in [5.41, 5.74) is 5.44. The van der Waals surface area contributed by atoms with E-state index in [1.807, 2.05) is 36.4 Å². The highest BCUT2D eigenvalue weighted by molar-refractivity contribution is 9.10. The summed E-state index contributed by atoms with van der Waals surface area (Å²) in [6.45, 7) is 0. The molecule has 1 aliphatic rings. The first-order chi connectivity index (χ1) is 13.2. The summed E-state index contributed by atoms with van der Waals surface area (Å²) in [4.78, 5) is 11.8. The second-order valence-electron chi connectivity index (χ2n) is 6.24. The molecule has 0 saturated carbocycles. The predicted molar refractivity (Wildman–Crippen MR) is 115 cm³/mol. The number of para-hydroxylation sites is 1. The highest BCUT2D eigenvalue weighted by Crippen LogP contribution is 2.44. The molecule has 3 aromatic carbocycles. The van der Waals surface area contributed by atoms with Gasteiger partial charge in [0.1, 0.15) is 11.1 Å². The Morgan fingerprint density at radius 3 is 2.56 bits per heavy atom. The topological polar surface area (TPSA) is 38.3 Å². The van der Waals surface area contributed by atoms with Crippen LogP contribution in [0.3, 0.4) is 0 Å². The van der Waals surface area contributed by atoms with Gasteiger partial charge in [-0.2, -0.15) is 0 Å². The van der Waals surface area contributed by atoms with Gasteiger partial charge >= 0.3 is 0 Å². The van der Waals surface area contributed by atoms with Gasteiger partial charge < -0.3 is 10.1 Å². The van der Waals surface area contributed by atoms with Crippen LogP contribution in [0.25, 0.3) is 22.3 Å². The van der Waals surface area contributed by atoms with Crippen LogP contribution in [0.15, 0.2) is 71.2 Å². The number of hydrogen-bond donors (Lipinski definition) is 1. The molecule has 1 heterocycles. The number of nitrogens with one attached hydrogen (secondary N) is 1. The van der Waals surface area contributed by atoms with E-state index in [1.165, 1.54) is 0 Å². The third kappa shape index (κ3) is 3.62. The van der Waals surface area contributed by atoms with Crippen molar-refractivity contribution < 1.29 is 9.53 Å². The third-order valence-electron chi connectivity index (χ3n) is 4.56. The molecule has 1 saturated heterocycles. The van der Waals surface area contributed by atoms with E-state index < -0.39 is 0 Å². The fraction of sp³-hybridized carbons (Fsp3) is 0.136. The Bertz CT molecular complexity index is 1010. The Morgan fingerprint density at radius 1 is 1.04 bits per heavy atom. The van der Waals surface area contributed by atoms with Crippen molar-refractivity contribution in [3.63, 3.8) is 0 Å². The summed E-state index contributed by atoms with van der Waals surface area (Å²) in [7, 11) is 1.69. The number of amides is 1. The predicted octanol–water partition coefficient (Wildman–Crippen LogP) is 5.65. The summed E-state index contributed by atoms with van der Waals surface area (Å²) in [6.07, 6.45) is 0. The fourth-order valence-corrected chi connectivity index (χ4v) is 4.79. The number of rotatable bonds is 4. The minimum Gasteiger partial charge on any atom is -0.496 e. The zero-order chi connectivity index (χ0) is 18.8. The van der Waals surface area contributed by atoms with Crippen molar-refractivity contribution in [1.29, 1.82) is 0 Å². The van der Waals surface area contributed by atoms with Gasteiger partial charge in [-0.3, -0.25) is 4.79 Å². The van der Waals surface area contributed by atoms with Gasteiger partial charge in [-0.15, -0.1) is 11.8 Å². The first-order valence-electron chi connectivity index (χ1n) is 8.60. The van der Waals surface area contributed by atoms with E-state index in [9.17, 15) is 4.79 Å². The number of methoxy groups -OCH3 is 1. The van der Waals surface area contributed by atoms with Crippen LogP contribution >= 0.6 is 27.7 Å². The van der Waals surface area contributed by atoms with Crippen LogP contribution in [-0.2, 0) is 4.79 Å². The van der Waals surface area contributed by atoms with E-state index in [2.05, 4.69) is 51.6 Å². The largest absolute Gasteiger partial charge is 0.496 e. The molecule has 0 spiro atoms. The smallest absolute Gasteiger partial charge is 0.231 e. The normalized spacial score (nSPS) is 16.2. The Labute approximate surface area is 171 Å². The lowest BCUT2D eigenvalue weighted by Gasteiger charge is -2.20. The molecular weight excluding hydrogens is 422 g/mol. The van der Waals surface area contributed by atoms with Crippen LogP contribution < -0.4 is 10.1 Å². The molecule has 4 rings (SSSR count). The maximum Gasteiger partial charge on any atom is 0.231 e. The number of benzene rings is 3. The maximum atomic E-state index is 11.8. The Morgan fingerprint density at radius 2 is 1.81 bits per heavy atom. The number of halogens is 1. The van der Waals surface area contributed by atoms with Crippen molar-refractivity contribution in [3.05, 3.63) is 76.8 Å². The molecule has 3 aromatic rings. The van der Waals surface area contributed by atoms with Gasteiger partial charge in [0, 0.05) is 10.0 Å². The molecule has 3 nitrogen and oxygen atoms in total. The molecule has 136 valence electrons.